The maximum absolute atomic E-state index is 5.93. The lowest BCUT2D eigenvalue weighted by molar-refractivity contribution is 0.0398. The highest BCUT2D eigenvalue weighted by atomic mass is 16.5. The zero-order valence-corrected chi connectivity index (χ0v) is 10.9. The monoisotopic (exact) mass is 225 g/mol. The normalized spacial score (nSPS) is 31.9. The Kier molecular flexibility index (Phi) is 4.66. The van der Waals surface area contributed by atoms with E-state index in [-0.39, 0.29) is 0 Å². The molecule has 1 aliphatic carbocycles. The minimum Gasteiger partial charge on any atom is -0.375 e. The molecule has 1 saturated heterocycles. The number of hydrogen-bond donors (Lipinski definition) is 1. The van der Waals surface area contributed by atoms with E-state index in [1.54, 1.807) is 0 Å². The van der Waals surface area contributed by atoms with Gasteiger partial charge in [-0.15, -0.1) is 0 Å². The summed E-state index contributed by atoms with van der Waals surface area (Å²) in [6.45, 7) is 5.71. The van der Waals surface area contributed by atoms with Crippen LogP contribution in [-0.2, 0) is 4.74 Å². The highest BCUT2D eigenvalue weighted by Crippen LogP contribution is 2.27. The van der Waals surface area contributed by atoms with Crippen LogP contribution in [0.5, 0.6) is 0 Å². The van der Waals surface area contributed by atoms with E-state index in [1.807, 2.05) is 0 Å². The van der Waals surface area contributed by atoms with E-state index in [1.165, 1.54) is 51.5 Å². The average Bonchev–Trinajstić information content (AvgIpc) is 3.00. The molecule has 1 heterocycles. The van der Waals surface area contributed by atoms with Crippen LogP contribution < -0.4 is 5.32 Å². The molecule has 0 spiro atoms. The first-order valence-electron chi connectivity index (χ1n) is 7.16. The molecule has 0 aromatic rings. The molecule has 2 aliphatic rings. The van der Waals surface area contributed by atoms with Gasteiger partial charge in [-0.3, -0.25) is 0 Å². The molecule has 94 valence electrons. The molecule has 0 aromatic carbocycles. The smallest absolute Gasteiger partial charge is 0.0582 e. The molecule has 2 nitrogen and oxygen atoms in total. The van der Waals surface area contributed by atoms with Gasteiger partial charge in [0.1, 0.15) is 0 Å². The van der Waals surface area contributed by atoms with Gasteiger partial charge < -0.3 is 10.1 Å². The van der Waals surface area contributed by atoms with E-state index in [2.05, 4.69) is 19.2 Å². The van der Waals surface area contributed by atoms with Gasteiger partial charge in [0.2, 0.25) is 0 Å². The van der Waals surface area contributed by atoms with Crippen molar-refractivity contribution in [1.29, 1.82) is 0 Å². The molecule has 0 amide bonds. The Hall–Kier alpha value is -0.0800. The summed E-state index contributed by atoms with van der Waals surface area (Å²) in [7, 11) is 0. The van der Waals surface area contributed by atoms with Gasteiger partial charge in [-0.25, -0.2) is 0 Å². The van der Waals surface area contributed by atoms with Crippen molar-refractivity contribution in [2.45, 2.75) is 77.0 Å². The Balaban J connectivity index is 1.67. The molecule has 2 rings (SSSR count). The van der Waals surface area contributed by atoms with Crippen LogP contribution in [0.3, 0.4) is 0 Å². The van der Waals surface area contributed by atoms with Gasteiger partial charge in [0, 0.05) is 6.04 Å². The molecule has 0 bridgehead atoms. The number of nitrogens with one attached hydrogen (secondary N) is 1. The third-order valence-corrected chi connectivity index (χ3v) is 3.89. The number of rotatable bonds is 7. The third kappa shape index (κ3) is 4.06. The maximum Gasteiger partial charge on any atom is 0.0582 e. The highest BCUT2D eigenvalue weighted by Gasteiger charge is 2.26. The van der Waals surface area contributed by atoms with Crippen molar-refractivity contribution in [3.05, 3.63) is 0 Å². The predicted octanol–water partition coefficient (Wildman–Crippen LogP) is 3.11. The van der Waals surface area contributed by atoms with E-state index in [9.17, 15) is 0 Å². The Labute approximate surface area is 100 Å². The summed E-state index contributed by atoms with van der Waals surface area (Å²) in [6, 6.07) is 0.850. The zero-order chi connectivity index (χ0) is 11.4. The molecule has 3 unspecified atom stereocenters. The Morgan fingerprint density at radius 3 is 2.62 bits per heavy atom. The lowest BCUT2D eigenvalue weighted by atomic mass is 9.95. The fourth-order valence-corrected chi connectivity index (χ4v) is 2.76. The first-order chi connectivity index (χ1) is 7.78. The van der Waals surface area contributed by atoms with Crippen molar-refractivity contribution in [2.75, 3.05) is 6.54 Å². The van der Waals surface area contributed by atoms with Crippen molar-refractivity contribution < 1.29 is 4.74 Å². The van der Waals surface area contributed by atoms with Crippen LogP contribution in [0, 0.1) is 5.92 Å². The minimum atomic E-state index is 0.503. The largest absolute Gasteiger partial charge is 0.375 e. The van der Waals surface area contributed by atoms with Crippen LogP contribution in [0.25, 0.3) is 0 Å². The molecular weight excluding hydrogens is 198 g/mol. The van der Waals surface area contributed by atoms with Crippen LogP contribution in [-0.4, -0.2) is 24.8 Å². The van der Waals surface area contributed by atoms with E-state index < -0.39 is 0 Å². The second-order valence-electron chi connectivity index (χ2n) is 5.72. The van der Waals surface area contributed by atoms with Gasteiger partial charge in [-0.2, -0.15) is 0 Å². The summed E-state index contributed by atoms with van der Waals surface area (Å²) in [5.74, 6) is 0.834. The number of hydrogen-bond acceptors (Lipinski definition) is 2. The highest BCUT2D eigenvalue weighted by molar-refractivity contribution is 4.83. The SMILES string of the molecule is CCCC(CNC1CC1)CC1CCC(C)O1. The first kappa shape index (κ1) is 12.4. The summed E-state index contributed by atoms with van der Waals surface area (Å²) in [5, 5.41) is 3.67. The van der Waals surface area contributed by atoms with Crippen LogP contribution in [0.4, 0.5) is 0 Å². The quantitative estimate of drug-likeness (QED) is 0.719. The summed E-state index contributed by atoms with van der Waals surface area (Å²) in [4.78, 5) is 0. The third-order valence-electron chi connectivity index (χ3n) is 3.89. The fraction of sp³-hybridized carbons (Fsp3) is 1.00. The first-order valence-corrected chi connectivity index (χ1v) is 7.16. The summed E-state index contributed by atoms with van der Waals surface area (Å²) in [6.07, 6.45) is 10.3. The van der Waals surface area contributed by atoms with E-state index in [0.29, 0.717) is 12.2 Å². The van der Waals surface area contributed by atoms with Gasteiger partial charge in [0.05, 0.1) is 12.2 Å². The number of ether oxygens (including phenoxy) is 1. The fourth-order valence-electron chi connectivity index (χ4n) is 2.76. The summed E-state index contributed by atoms with van der Waals surface area (Å²) in [5.41, 5.74) is 0. The molecule has 16 heavy (non-hydrogen) atoms. The van der Waals surface area contributed by atoms with Crippen molar-refractivity contribution in [3.8, 4) is 0 Å². The predicted molar refractivity (Wildman–Crippen MR) is 67.6 cm³/mol. The molecule has 0 radical (unpaired) electrons. The van der Waals surface area contributed by atoms with Crippen LogP contribution in [0.1, 0.15) is 58.8 Å². The summed E-state index contributed by atoms with van der Waals surface area (Å²) >= 11 is 0. The maximum atomic E-state index is 5.93. The zero-order valence-electron chi connectivity index (χ0n) is 10.9. The van der Waals surface area contributed by atoms with Crippen LogP contribution in [0.15, 0.2) is 0 Å². The standard InChI is InChI=1S/C14H27NO/c1-3-4-12(10-15-13-6-7-13)9-14-8-5-11(2)16-14/h11-15H,3-10H2,1-2H3. The second kappa shape index (κ2) is 6.02. The molecule has 2 heteroatoms. The Morgan fingerprint density at radius 2 is 2.06 bits per heavy atom. The molecule has 1 N–H and O–H groups in total. The summed E-state index contributed by atoms with van der Waals surface area (Å²) < 4.78 is 5.93. The van der Waals surface area contributed by atoms with E-state index in [4.69, 9.17) is 4.74 Å². The molecule has 3 atom stereocenters. The van der Waals surface area contributed by atoms with Gasteiger partial charge in [-0.05, 0) is 57.9 Å². The molecular formula is C14H27NO. The molecule has 0 aromatic heterocycles. The average molecular weight is 225 g/mol. The van der Waals surface area contributed by atoms with Crippen molar-refractivity contribution in [3.63, 3.8) is 0 Å². The second-order valence-corrected chi connectivity index (χ2v) is 5.72. The van der Waals surface area contributed by atoms with E-state index >= 15 is 0 Å². The van der Waals surface area contributed by atoms with Gasteiger partial charge in [0.15, 0.2) is 0 Å². The minimum absolute atomic E-state index is 0.503. The van der Waals surface area contributed by atoms with Crippen LogP contribution >= 0.6 is 0 Å². The topological polar surface area (TPSA) is 21.3 Å². The lowest BCUT2D eigenvalue weighted by Crippen LogP contribution is -2.27. The van der Waals surface area contributed by atoms with Crippen molar-refractivity contribution >= 4 is 0 Å². The Morgan fingerprint density at radius 1 is 1.25 bits per heavy atom. The Bertz CT molecular complexity index is 203. The van der Waals surface area contributed by atoms with Crippen LogP contribution in [0.2, 0.25) is 0 Å². The van der Waals surface area contributed by atoms with E-state index in [0.717, 1.165) is 12.0 Å². The van der Waals surface area contributed by atoms with Gasteiger partial charge in [-0.1, -0.05) is 13.3 Å². The molecule has 1 saturated carbocycles. The van der Waals surface area contributed by atoms with Crippen molar-refractivity contribution in [2.24, 2.45) is 5.92 Å². The molecule has 2 fully saturated rings. The van der Waals surface area contributed by atoms with Gasteiger partial charge >= 0.3 is 0 Å². The van der Waals surface area contributed by atoms with Gasteiger partial charge in [0.25, 0.3) is 0 Å². The molecule has 1 aliphatic heterocycles. The van der Waals surface area contributed by atoms with Crippen molar-refractivity contribution in [1.82, 2.24) is 5.32 Å². The lowest BCUT2D eigenvalue weighted by Gasteiger charge is -2.20.